The molecule has 0 aromatic rings. The van der Waals surface area contributed by atoms with Gasteiger partial charge < -0.3 is 10.2 Å². The highest BCUT2D eigenvalue weighted by Gasteiger charge is 2.25. The highest BCUT2D eigenvalue weighted by Crippen LogP contribution is 2.37. The zero-order chi connectivity index (χ0) is 5.98. The van der Waals surface area contributed by atoms with Crippen molar-refractivity contribution in [2.24, 2.45) is 0 Å². The second kappa shape index (κ2) is 2.96. The van der Waals surface area contributed by atoms with Gasteiger partial charge in [0.1, 0.15) is 0 Å². The second-order valence-electron chi connectivity index (χ2n) is 1.67. The molecule has 0 aromatic carbocycles. The summed E-state index contributed by atoms with van der Waals surface area (Å²) >= 11 is 0. The van der Waals surface area contributed by atoms with E-state index >= 15 is 0 Å². The summed E-state index contributed by atoms with van der Waals surface area (Å²) in [6, 6.07) is 0. The van der Waals surface area contributed by atoms with Crippen LogP contribution in [0, 0.1) is 0 Å². The number of aliphatic hydroxyl groups is 2. The van der Waals surface area contributed by atoms with Crippen LogP contribution in [0.3, 0.4) is 0 Å². The standard InChI is InChI=1S/C4H8O2S2/c5-1-4-3(6)2-7-8-4/h3-6H,1-2H2/t3-,4-/m1/s1. The lowest BCUT2D eigenvalue weighted by atomic mass is 10.3. The Morgan fingerprint density at radius 3 is 2.62 bits per heavy atom. The summed E-state index contributed by atoms with van der Waals surface area (Å²) < 4.78 is 0. The lowest BCUT2D eigenvalue weighted by Gasteiger charge is -2.05. The SMILES string of the molecule is OC[C@H]1SSC[C@H]1O. The summed E-state index contributed by atoms with van der Waals surface area (Å²) in [6.45, 7) is 0.0961. The van der Waals surface area contributed by atoms with Crippen molar-refractivity contribution in [3.05, 3.63) is 0 Å². The van der Waals surface area contributed by atoms with Crippen molar-refractivity contribution in [3.63, 3.8) is 0 Å². The molecule has 0 radical (unpaired) electrons. The predicted octanol–water partition coefficient (Wildman–Crippen LogP) is 0.103. The van der Waals surface area contributed by atoms with Gasteiger partial charge in [-0.25, -0.2) is 0 Å². The molecule has 1 saturated heterocycles. The Hall–Kier alpha value is 0.620. The molecule has 0 unspecified atom stereocenters. The van der Waals surface area contributed by atoms with Crippen LogP contribution in [-0.2, 0) is 0 Å². The maximum atomic E-state index is 8.99. The van der Waals surface area contributed by atoms with E-state index in [1.54, 1.807) is 21.6 Å². The summed E-state index contributed by atoms with van der Waals surface area (Å²) in [6.07, 6.45) is -0.296. The zero-order valence-corrected chi connectivity index (χ0v) is 5.91. The van der Waals surface area contributed by atoms with E-state index in [-0.39, 0.29) is 18.0 Å². The van der Waals surface area contributed by atoms with Crippen molar-refractivity contribution in [3.8, 4) is 0 Å². The first kappa shape index (κ1) is 6.74. The smallest absolute Gasteiger partial charge is 0.0788 e. The highest BCUT2D eigenvalue weighted by atomic mass is 33.1. The predicted molar refractivity (Wildman–Crippen MR) is 36.9 cm³/mol. The molecule has 1 aliphatic heterocycles. The normalized spacial score (nSPS) is 38.2. The summed E-state index contributed by atoms with van der Waals surface area (Å²) in [4.78, 5) is 0. The van der Waals surface area contributed by atoms with Crippen molar-refractivity contribution < 1.29 is 10.2 Å². The number of rotatable bonds is 1. The van der Waals surface area contributed by atoms with Gasteiger partial charge in [-0.2, -0.15) is 0 Å². The van der Waals surface area contributed by atoms with Crippen LogP contribution >= 0.6 is 21.6 Å². The number of aliphatic hydroxyl groups excluding tert-OH is 2. The largest absolute Gasteiger partial charge is 0.395 e. The number of hydrogen-bond acceptors (Lipinski definition) is 4. The van der Waals surface area contributed by atoms with E-state index in [9.17, 15) is 0 Å². The Morgan fingerprint density at radius 2 is 2.38 bits per heavy atom. The quantitative estimate of drug-likeness (QED) is 0.523. The first-order valence-corrected chi connectivity index (χ1v) is 4.80. The minimum atomic E-state index is -0.296. The number of hydrogen-bond donors (Lipinski definition) is 2. The third-order valence-electron chi connectivity index (χ3n) is 1.04. The highest BCUT2D eigenvalue weighted by molar-refractivity contribution is 8.77. The van der Waals surface area contributed by atoms with Gasteiger partial charge in [0, 0.05) is 5.75 Å². The Kier molecular flexibility index (Phi) is 2.49. The van der Waals surface area contributed by atoms with Crippen molar-refractivity contribution >= 4 is 21.6 Å². The third-order valence-corrected chi connectivity index (χ3v) is 3.92. The molecule has 1 fully saturated rings. The van der Waals surface area contributed by atoms with Crippen molar-refractivity contribution in [2.45, 2.75) is 11.4 Å². The first-order chi connectivity index (χ1) is 3.84. The monoisotopic (exact) mass is 152 g/mol. The fourth-order valence-corrected chi connectivity index (χ4v) is 3.30. The topological polar surface area (TPSA) is 40.5 Å². The van der Waals surface area contributed by atoms with Gasteiger partial charge in [-0.15, -0.1) is 0 Å². The molecule has 0 aliphatic carbocycles. The van der Waals surface area contributed by atoms with Gasteiger partial charge in [0.2, 0.25) is 0 Å². The Labute approximate surface area is 56.1 Å². The van der Waals surface area contributed by atoms with E-state index in [1.807, 2.05) is 0 Å². The van der Waals surface area contributed by atoms with Crippen LogP contribution in [0.15, 0.2) is 0 Å². The van der Waals surface area contributed by atoms with E-state index in [0.29, 0.717) is 0 Å². The average Bonchev–Trinajstić information content (AvgIpc) is 2.14. The van der Waals surface area contributed by atoms with Crippen molar-refractivity contribution in [1.29, 1.82) is 0 Å². The van der Waals surface area contributed by atoms with Crippen molar-refractivity contribution in [1.82, 2.24) is 0 Å². The average molecular weight is 152 g/mol. The molecule has 48 valence electrons. The molecule has 2 nitrogen and oxygen atoms in total. The molecular formula is C4H8O2S2. The Balaban J connectivity index is 2.30. The molecule has 1 heterocycles. The second-order valence-corrected chi connectivity index (χ2v) is 4.32. The third kappa shape index (κ3) is 1.31. The maximum Gasteiger partial charge on any atom is 0.0788 e. The molecule has 0 spiro atoms. The van der Waals surface area contributed by atoms with Crippen LogP contribution in [0.1, 0.15) is 0 Å². The summed E-state index contributed by atoms with van der Waals surface area (Å²) in [7, 11) is 3.19. The van der Waals surface area contributed by atoms with E-state index in [0.717, 1.165) is 5.75 Å². The molecule has 1 rings (SSSR count). The van der Waals surface area contributed by atoms with Gasteiger partial charge in [-0.3, -0.25) is 0 Å². The van der Waals surface area contributed by atoms with Gasteiger partial charge in [0.05, 0.1) is 18.0 Å². The van der Waals surface area contributed by atoms with E-state index in [2.05, 4.69) is 0 Å². The molecule has 8 heavy (non-hydrogen) atoms. The molecule has 0 bridgehead atoms. The fourth-order valence-electron chi connectivity index (χ4n) is 0.520. The van der Waals surface area contributed by atoms with E-state index in [1.165, 1.54) is 0 Å². The van der Waals surface area contributed by atoms with Crippen LogP contribution in [0.2, 0.25) is 0 Å². The van der Waals surface area contributed by atoms with Gasteiger partial charge in [-0.1, -0.05) is 21.6 Å². The van der Waals surface area contributed by atoms with Crippen LogP contribution in [0.4, 0.5) is 0 Å². The van der Waals surface area contributed by atoms with Gasteiger partial charge in [-0.05, 0) is 0 Å². The minimum absolute atomic E-state index is 0.0556. The first-order valence-electron chi connectivity index (χ1n) is 2.42. The molecule has 0 aromatic heterocycles. The molecule has 0 saturated carbocycles. The maximum absolute atomic E-state index is 8.99. The fraction of sp³-hybridized carbons (Fsp3) is 1.00. The van der Waals surface area contributed by atoms with E-state index < -0.39 is 0 Å². The van der Waals surface area contributed by atoms with Crippen LogP contribution in [-0.4, -0.2) is 33.9 Å². The summed E-state index contributed by atoms with van der Waals surface area (Å²) in [5.41, 5.74) is 0. The van der Waals surface area contributed by atoms with Crippen LogP contribution < -0.4 is 0 Å². The molecule has 2 N–H and O–H groups in total. The summed E-state index contributed by atoms with van der Waals surface area (Å²) in [5, 5.41) is 17.6. The lowest BCUT2D eigenvalue weighted by molar-refractivity contribution is 0.162. The molecule has 2 atom stereocenters. The summed E-state index contributed by atoms with van der Waals surface area (Å²) in [5.74, 6) is 0.760. The molecule has 0 amide bonds. The zero-order valence-electron chi connectivity index (χ0n) is 4.28. The Morgan fingerprint density at radius 1 is 1.62 bits per heavy atom. The lowest BCUT2D eigenvalue weighted by Crippen LogP contribution is -2.22. The molecule has 1 aliphatic rings. The Bertz CT molecular complexity index is 78.4. The van der Waals surface area contributed by atoms with Gasteiger partial charge >= 0.3 is 0 Å². The van der Waals surface area contributed by atoms with Crippen LogP contribution in [0.5, 0.6) is 0 Å². The molecule has 4 heteroatoms. The van der Waals surface area contributed by atoms with Gasteiger partial charge in [0.15, 0.2) is 0 Å². The van der Waals surface area contributed by atoms with Gasteiger partial charge in [0.25, 0.3) is 0 Å². The van der Waals surface area contributed by atoms with E-state index in [4.69, 9.17) is 10.2 Å². The minimum Gasteiger partial charge on any atom is -0.395 e. The molecular weight excluding hydrogens is 144 g/mol. The van der Waals surface area contributed by atoms with Crippen molar-refractivity contribution in [2.75, 3.05) is 12.4 Å². The van der Waals surface area contributed by atoms with Crippen LogP contribution in [0.25, 0.3) is 0 Å².